The molecule has 1 aromatic rings. The van der Waals surface area contributed by atoms with Crippen molar-refractivity contribution in [3.63, 3.8) is 0 Å². The Kier molecular flexibility index (Phi) is 11.2. The van der Waals surface area contributed by atoms with Crippen LogP contribution in [0, 0.1) is 29.1 Å². The van der Waals surface area contributed by atoms with Gasteiger partial charge in [-0.2, -0.15) is 0 Å². The number of aliphatic hydroxyl groups excluding tert-OH is 2. The first-order valence-electron chi connectivity index (χ1n) is 19.9. The SMILES string of the molecule is C[C@]12CCC(=O)C=C1CC[C@@H]1C2=CC[C@]23O[C@]2(C(=O)COC(=O)O[C@H](/C=C/[C@@H]2[C@@H](C/C=C\CCCC(=O)O)[C@@H](O)C[C@H]2O)CCc2ccccc2)CC[C@@H]13. The average molecular weight is 743 g/mol. The van der Waals surface area contributed by atoms with E-state index in [2.05, 4.69) is 13.0 Å². The van der Waals surface area contributed by atoms with E-state index in [-0.39, 0.29) is 47.6 Å². The van der Waals surface area contributed by atoms with E-state index in [1.54, 1.807) is 6.08 Å². The van der Waals surface area contributed by atoms with Gasteiger partial charge < -0.3 is 29.5 Å². The van der Waals surface area contributed by atoms with Gasteiger partial charge in [0.05, 0.1) is 12.2 Å². The summed E-state index contributed by atoms with van der Waals surface area (Å²) in [5.41, 5.74) is 2.10. The van der Waals surface area contributed by atoms with Crippen LogP contribution in [-0.4, -0.2) is 75.1 Å². The number of aliphatic hydroxyl groups is 2. The molecule has 7 rings (SSSR count). The summed E-state index contributed by atoms with van der Waals surface area (Å²) >= 11 is 0. The van der Waals surface area contributed by atoms with E-state index in [0.717, 1.165) is 31.2 Å². The number of allylic oxidation sites excluding steroid dienone is 5. The number of unbranched alkanes of at least 4 members (excludes halogenated alkanes) is 1. The van der Waals surface area contributed by atoms with Crippen LogP contribution in [0.25, 0.3) is 0 Å². The summed E-state index contributed by atoms with van der Waals surface area (Å²) in [6.45, 7) is 1.83. The summed E-state index contributed by atoms with van der Waals surface area (Å²) < 4.78 is 17.7. The number of carbonyl (C=O) groups excluding carboxylic acids is 3. The smallest absolute Gasteiger partial charge is 0.481 e. The molecule has 10 atom stereocenters. The van der Waals surface area contributed by atoms with Crippen LogP contribution < -0.4 is 0 Å². The molecule has 0 amide bonds. The maximum atomic E-state index is 13.8. The van der Waals surface area contributed by atoms with Gasteiger partial charge in [-0.1, -0.05) is 72.7 Å². The summed E-state index contributed by atoms with van der Waals surface area (Å²) in [5, 5.41) is 30.4. The summed E-state index contributed by atoms with van der Waals surface area (Å²) in [6, 6.07) is 9.82. The lowest BCUT2D eigenvalue weighted by molar-refractivity contribution is -0.137. The minimum atomic E-state index is -0.953. The first-order valence-corrected chi connectivity index (χ1v) is 19.9. The molecule has 5 aliphatic carbocycles. The number of aliphatic carboxylic acids is 1. The van der Waals surface area contributed by atoms with E-state index < -0.39 is 48.2 Å². The van der Waals surface area contributed by atoms with Gasteiger partial charge in [0.1, 0.15) is 11.7 Å². The van der Waals surface area contributed by atoms with E-state index in [0.29, 0.717) is 57.3 Å². The predicted molar refractivity (Wildman–Crippen MR) is 199 cm³/mol. The zero-order valence-corrected chi connectivity index (χ0v) is 31.2. The zero-order valence-electron chi connectivity index (χ0n) is 31.2. The number of epoxide rings is 1. The van der Waals surface area contributed by atoms with Crippen molar-refractivity contribution in [1.82, 2.24) is 0 Å². The quantitative estimate of drug-likeness (QED) is 0.0757. The third kappa shape index (κ3) is 7.41. The first kappa shape index (κ1) is 38.4. The molecule has 1 spiro atoms. The Balaban J connectivity index is 0.974. The Morgan fingerprint density at radius 3 is 2.67 bits per heavy atom. The Morgan fingerprint density at radius 2 is 1.87 bits per heavy atom. The van der Waals surface area contributed by atoms with Crippen molar-refractivity contribution >= 4 is 23.7 Å². The second kappa shape index (κ2) is 15.7. The highest BCUT2D eigenvalue weighted by atomic mass is 16.7. The van der Waals surface area contributed by atoms with Crippen LogP contribution in [0.15, 0.2) is 77.9 Å². The number of fused-ring (bicyclic) bond motifs is 4. The molecule has 0 aromatic heterocycles. The second-order valence-corrected chi connectivity index (χ2v) is 16.6. The highest BCUT2D eigenvalue weighted by Gasteiger charge is 2.81. The molecular formula is C44H54O10. The van der Waals surface area contributed by atoms with Gasteiger partial charge in [0, 0.05) is 30.6 Å². The molecule has 0 unspecified atom stereocenters. The van der Waals surface area contributed by atoms with Gasteiger partial charge in [-0.15, -0.1) is 0 Å². The number of carbonyl (C=O) groups is 4. The lowest BCUT2D eigenvalue weighted by atomic mass is 9.54. The third-order valence-electron chi connectivity index (χ3n) is 13.6. The lowest BCUT2D eigenvalue weighted by Gasteiger charge is -2.50. The van der Waals surface area contributed by atoms with Crippen LogP contribution in [0.3, 0.4) is 0 Å². The van der Waals surface area contributed by atoms with Crippen molar-refractivity contribution in [3.8, 4) is 0 Å². The molecule has 10 nitrogen and oxygen atoms in total. The normalized spacial score (nSPS) is 35.7. The molecule has 54 heavy (non-hydrogen) atoms. The van der Waals surface area contributed by atoms with Gasteiger partial charge in [0.25, 0.3) is 0 Å². The number of ether oxygens (including phenoxy) is 3. The maximum absolute atomic E-state index is 13.8. The maximum Gasteiger partial charge on any atom is 0.509 e. The van der Waals surface area contributed by atoms with Crippen LogP contribution in [0.1, 0.15) is 96.0 Å². The molecule has 3 saturated carbocycles. The van der Waals surface area contributed by atoms with E-state index in [4.69, 9.17) is 19.3 Å². The van der Waals surface area contributed by atoms with Gasteiger partial charge in [0.2, 0.25) is 5.78 Å². The fourth-order valence-corrected chi connectivity index (χ4v) is 10.6. The summed E-state index contributed by atoms with van der Waals surface area (Å²) in [5.74, 6) is -0.939. The van der Waals surface area contributed by atoms with Crippen molar-refractivity contribution in [2.45, 2.75) is 126 Å². The van der Waals surface area contributed by atoms with Crippen molar-refractivity contribution in [2.75, 3.05) is 6.61 Å². The molecule has 1 aromatic carbocycles. The van der Waals surface area contributed by atoms with Gasteiger partial charge in [0.15, 0.2) is 18.0 Å². The minimum absolute atomic E-state index is 0.0972. The summed E-state index contributed by atoms with van der Waals surface area (Å²) in [4.78, 5) is 50.0. The molecule has 4 fully saturated rings. The molecule has 0 bridgehead atoms. The first-order chi connectivity index (χ1) is 26.0. The molecular weight excluding hydrogens is 688 g/mol. The Morgan fingerprint density at radius 1 is 1.06 bits per heavy atom. The Bertz CT molecular complexity index is 1730. The van der Waals surface area contributed by atoms with Gasteiger partial charge in [-0.05, 0) is 106 Å². The number of carboxylic acid groups (broad SMARTS) is 1. The Labute approximate surface area is 317 Å². The third-order valence-corrected chi connectivity index (χ3v) is 13.6. The van der Waals surface area contributed by atoms with E-state index in [9.17, 15) is 29.4 Å². The minimum Gasteiger partial charge on any atom is -0.481 e. The van der Waals surface area contributed by atoms with E-state index in [1.807, 2.05) is 54.6 Å². The van der Waals surface area contributed by atoms with Crippen LogP contribution >= 0.6 is 0 Å². The van der Waals surface area contributed by atoms with Crippen LogP contribution in [-0.2, 0) is 35.0 Å². The molecule has 6 aliphatic rings. The number of aryl methyl sites for hydroxylation is 1. The van der Waals surface area contributed by atoms with Gasteiger partial charge in [-0.3, -0.25) is 14.4 Å². The highest BCUT2D eigenvalue weighted by Crippen LogP contribution is 2.72. The molecule has 0 radical (unpaired) electrons. The molecule has 290 valence electrons. The van der Waals surface area contributed by atoms with Gasteiger partial charge in [-0.25, -0.2) is 4.79 Å². The van der Waals surface area contributed by atoms with E-state index in [1.165, 1.54) is 11.1 Å². The molecule has 1 saturated heterocycles. The lowest BCUT2D eigenvalue weighted by Crippen LogP contribution is -2.45. The molecule has 10 heteroatoms. The number of carboxylic acids is 1. The predicted octanol–water partition coefficient (Wildman–Crippen LogP) is 6.78. The number of hydrogen-bond donors (Lipinski definition) is 3. The van der Waals surface area contributed by atoms with Gasteiger partial charge >= 0.3 is 12.1 Å². The van der Waals surface area contributed by atoms with E-state index >= 15 is 0 Å². The second-order valence-electron chi connectivity index (χ2n) is 16.6. The standard InChI is InChI=1S/C44H54O10/c1-42-22-19-30(45)25-29(42)14-17-34-35(42)20-23-43-36(34)21-24-44(43,54-43)39(48)27-52-41(51)53-31(15-13-28-9-5-4-6-10-28)16-18-33-32(37(46)26-38(33)47)11-7-2-3-8-12-40(49)50/h2,4-7,9-10,16,18,20,25,31-34,36-38,46-47H,3,8,11-15,17,19,21-24,26-27H2,1H3,(H,49,50)/b7-2-,18-16+/t31-,32+,33+,34+,36-,37-,38+,42-,43+,44-/m0/s1. The monoisotopic (exact) mass is 742 g/mol. The van der Waals surface area contributed by atoms with Crippen LogP contribution in [0.4, 0.5) is 4.79 Å². The molecule has 3 N–H and O–H groups in total. The van der Waals surface area contributed by atoms with Crippen LogP contribution in [0.5, 0.6) is 0 Å². The van der Waals surface area contributed by atoms with Crippen molar-refractivity contribution in [1.29, 1.82) is 0 Å². The fourth-order valence-electron chi connectivity index (χ4n) is 10.6. The number of ketones is 2. The van der Waals surface area contributed by atoms with Crippen molar-refractivity contribution < 1.29 is 48.7 Å². The number of benzene rings is 1. The largest absolute Gasteiger partial charge is 0.509 e. The average Bonchev–Trinajstić information content (AvgIpc) is 3.55. The van der Waals surface area contributed by atoms with Crippen LogP contribution in [0.2, 0.25) is 0 Å². The number of rotatable bonds is 15. The summed E-state index contributed by atoms with van der Waals surface area (Å²) in [6.07, 6.45) is 16.8. The number of Topliss-reactive ketones (excluding diaryl/α,β-unsaturated/α-hetero) is 1. The highest BCUT2D eigenvalue weighted by molar-refractivity contribution is 5.95. The van der Waals surface area contributed by atoms with Crippen molar-refractivity contribution in [3.05, 3.63) is 83.5 Å². The fraction of sp³-hybridized carbons (Fsp3) is 0.591. The summed E-state index contributed by atoms with van der Waals surface area (Å²) in [7, 11) is 0. The van der Waals surface area contributed by atoms with Crippen molar-refractivity contribution in [2.24, 2.45) is 29.1 Å². The molecule has 1 aliphatic heterocycles. The zero-order chi connectivity index (χ0) is 38.1. The molecule has 1 heterocycles. The topological polar surface area (TPSA) is 160 Å². The number of hydrogen-bond acceptors (Lipinski definition) is 9. The Hall–Kier alpha value is -3.86.